The van der Waals surface area contributed by atoms with Crippen LogP contribution in [0, 0.1) is 0 Å². The lowest BCUT2D eigenvalue weighted by molar-refractivity contribution is 0.379. The summed E-state index contributed by atoms with van der Waals surface area (Å²) in [7, 11) is -5.12. The first kappa shape index (κ1) is 12.5. The summed E-state index contributed by atoms with van der Waals surface area (Å²) in [6.45, 7) is 0.276. The van der Waals surface area contributed by atoms with Crippen LogP contribution in [0.1, 0.15) is 0 Å². The zero-order valence-corrected chi connectivity index (χ0v) is 9.84. The molecule has 8 heteroatoms. The predicted octanol–water partition coefficient (Wildman–Crippen LogP) is -0.962. The summed E-state index contributed by atoms with van der Waals surface area (Å²) < 4.78 is 25.3. The summed E-state index contributed by atoms with van der Waals surface area (Å²) in [6.07, 6.45) is 0. The van der Waals surface area contributed by atoms with Crippen LogP contribution in [0.25, 0.3) is 0 Å². The highest BCUT2D eigenvalue weighted by atomic mass is 32.2. The second-order valence-corrected chi connectivity index (χ2v) is 5.75. The van der Waals surface area contributed by atoms with Gasteiger partial charge in [-0.3, -0.25) is 0 Å². The third-order valence-electron chi connectivity index (χ3n) is 2.68. The topological polar surface area (TPSA) is 89.9 Å². The Balaban J connectivity index is 2.19. The van der Waals surface area contributed by atoms with E-state index in [2.05, 4.69) is 5.43 Å². The van der Waals surface area contributed by atoms with Crippen LogP contribution in [0.3, 0.4) is 0 Å². The molecule has 1 atom stereocenters. The molecule has 1 aromatic rings. The van der Waals surface area contributed by atoms with E-state index in [1.165, 1.54) is 12.1 Å². The summed E-state index contributed by atoms with van der Waals surface area (Å²) in [4.78, 5) is 0.181. The van der Waals surface area contributed by atoms with Crippen LogP contribution in [0.4, 0.5) is 0 Å². The van der Waals surface area contributed by atoms with Crippen LogP contribution in [0.2, 0.25) is 5.82 Å². The maximum Gasteiger partial charge on any atom is 0.457 e. The van der Waals surface area contributed by atoms with Gasteiger partial charge in [0.1, 0.15) is 0 Å². The van der Waals surface area contributed by atoms with Gasteiger partial charge in [-0.1, -0.05) is 18.2 Å². The molecule has 1 aliphatic heterocycles. The van der Waals surface area contributed by atoms with E-state index >= 15 is 0 Å². The van der Waals surface area contributed by atoms with E-state index in [0.29, 0.717) is 0 Å². The average molecular weight is 256 g/mol. The number of hydrogen-bond acceptors (Lipinski definition) is 5. The number of benzene rings is 1. The number of sulfonamides is 1. The first-order valence-corrected chi connectivity index (χ1v) is 6.63. The molecule has 1 fully saturated rings. The lowest BCUT2D eigenvalue weighted by Crippen LogP contribution is -2.37. The minimum Gasteiger partial charge on any atom is -0.427 e. The van der Waals surface area contributed by atoms with E-state index < -0.39 is 23.0 Å². The van der Waals surface area contributed by atoms with Crippen molar-refractivity contribution >= 4 is 17.1 Å². The predicted molar refractivity (Wildman–Crippen MR) is 62.3 cm³/mol. The molecule has 3 N–H and O–H groups in total. The lowest BCUT2D eigenvalue weighted by atomic mass is 9.74. The van der Waals surface area contributed by atoms with Crippen molar-refractivity contribution < 1.29 is 18.5 Å². The van der Waals surface area contributed by atoms with Crippen LogP contribution in [0.15, 0.2) is 35.2 Å². The zero-order chi connectivity index (χ0) is 12.5. The molecule has 0 amide bonds. The highest BCUT2D eigenvalue weighted by Crippen LogP contribution is 2.21. The molecule has 1 unspecified atom stereocenters. The van der Waals surface area contributed by atoms with Crippen molar-refractivity contribution in [2.45, 2.75) is 10.7 Å². The fourth-order valence-electron chi connectivity index (χ4n) is 1.66. The molecule has 2 rings (SSSR count). The Hall–Kier alpha value is -0.925. The van der Waals surface area contributed by atoms with Gasteiger partial charge < -0.3 is 10.0 Å². The second-order valence-electron chi connectivity index (χ2n) is 3.89. The Morgan fingerprint density at radius 3 is 2.47 bits per heavy atom. The van der Waals surface area contributed by atoms with Crippen molar-refractivity contribution in [3.8, 4) is 0 Å². The monoisotopic (exact) mass is 256 g/mol. The number of rotatable bonds is 3. The van der Waals surface area contributed by atoms with Gasteiger partial charge in [0, 0.05) is 18.9 Å². The number of nitrogens with one attached hydrogen (secondary N) is 1. The second kappa shape index (κ2) is 4.75. The maximum absolute atomic E-state index is 12.1. The third kappa shape index (κ3) is 2.50. The smallest absolute Gasteiger partial charge is 0.427 e. The van der Waals surface area contributed by atoms with Crippen molar-refractivity contribution in [2.24, 2.45) is 0 Å². The van der Waals surface area contributed by atoms with Gasteiger partial charge in [-0.25, -0.2) is 13.8 Å². The quantitative estimate of drug-likeness (QED) is 0.606. The van der Waals surface area contributed by atoms with Gasteiger partial charge in [0.25, 0.3) is 10.0 Å². The first-order chi connectivity index (χ1) is 8.01. The highest BCUT2D eigenvalue weighted by molar-refractivity contribution is 7.89. The van der Waals surface area contributed by atoms with Crippen molar-refractivity contribution in [1.82, 2.24) is 9.84 Å². The maximum atomic E-state index is 12.1. The number of nitrogens with zero attached hydrogens (tertiary/aromatic N) is 1. The van der Waals surface area contributed by atoms with E-state index in [1.807, 2.05) is 0 Å². The Bertz CT molecular complexity index is 479. The van der Waals surface area contributed by atoms with E-state index in [4.69, 9.17) is 10.0 Å². The molecular weight excluding hydrogens is 243 g/mol. The van der Waals surface area contributed by atoms with Gasteiger partial charge in [0.2, 0.25) is 0 Å². The summed E-state index contributed by atoms with van der Waals surface area (Å²) >= 11 is 0. The number of hydrazine groups is 1. The Morgan fingerprint density at radius 1 is 1.29 bits per heavy atom. The molecule has 1 aliphatic rings. The van der Waals surface area contributed by atoms with Crippen molar-refractivity contribution in [3.05, 3.63) is 30.3 Å². The molecule has 6 nitrogen and oxygen atoms in total. The van der Waals surface area contributed by atoms with Gasteiger partial charge in [-0.05, 0) is 12.1 Å². The standard InChI is InChI=1S/C9H13BN2O4S/c13-10(14)8-6-11-12(7-8)17(15,16)9-4-2-1-3-5-9/h1-5,8,11,13-14H,6-7H2. The van der Waals surface area contributed by atoms with Gasteiger partial charge in [0.05, 0.1) is 4.90 Å². The molecule has 17 heavy (non-hydrogen) atoms. The van der Waals surface area contributed by atoms with E-state index in [0.717, 1.165) is 4.41 Å². The molecule has 0 aliphatic carbocycles. The van der Waals surface area contributed by atoms with Crippen LogP contribution in [-0.2, 0) is 10.0 Å². The van der Waals surface area contributed by atoms with E-state index in [9.17, 15) is 8.42 Å². The first-order valence-electron chi connectivity index (χ1n) is 5.19. The molecular formula is C9H13BN2O4S. The molecule has 1 aromatic carbocycles. The van der Waals surface area contributed by atoms with Crippen LogP contribution < -0.4 is 5.43 Å². The lowest BCUT2D eigenvalue weighted by Gasteiger charge is -2.16. The largest absolute Gasteiger partial charge is 0.457 e. The zero-order valence-electron chi connectivity index (χ0n) is 9.02. The summed E-state index contributed by atoms with van der Waals surface area (Å²) in [6, 6.07) is 8.01. The molecule has 92 valence electrons. The average Bonchev–Trinajstić information content (AvgIpc) is 2.80. The Kier molecular flexibility index (Phi) is 3.50. The Morgan fingerprint density at radius 2 is 1.94 bits per heavy atom. The summed E-state index contributed by atoms with van der Waals surface area (Å²) in [5, 5.41) is 18.0. The molecule has 1 saturated heterocycles. The SMILES string of the molecule is O=S(=O)(c1ccccc1)N1CC(B(O)O)CN1. The molecule has 1 heterocycles. The minimum atomic E-state index is -3.61. The van der Waals surface area contributed by atoms with Gasteiger partial charge in [-0.15, -0.1) is 4.41 Å². The van der Waals surface area contributed by atoms with Crippen LogP contribution in [0.5, 0.6) is 0 Å². The van der Waals surface area contributed by atoms with Crippen molar-refractivity contribution in [3.63, 3.8) is 0 Å². The van der Waals surface area contributed by atoms with Crippen LogP contribution in [-0.4, -0.2) is 43.1 Å². The third-order valence-corrected chi connectivity index (χ3v) is 4.41. The number of hydrogen-bond donors (Lipinski definition) is 3. The van der Waals surface area contributed by atoms with Crippen molar-refractivity contribution in [1.29, 1.82) is 0 Å². The molecule has 0 bridgehead atoms. The van der Waals surface area contributed by atoms with Crippen molar-refractivity contribution in [2.75, 3.05) is 13.1 Å². The minimum absolute atomic E-state index is 0.0505. The van der Waals surface area contributed by atoms with Gasteiger partial charge in [0.15, 0.2) is 0 Å². The molecule has 0 spiro atoms. The van der Waals surface area contributed by atoms with Gasteiger partial charge in [-0.2, -0.15) is 0 Å². The molecule has 0 radical (unpaired) electrons. The van der Waals surface area contributed by atoms with Crippen LogP contribution >= 0.6 is 0 Å². The summed E-state index contributed by atoms with van der Waals surface area (Å²) in [5.41, 5.74) is 2.65. The van der Waals surface area contributed by atoms with E-state index in [1.54, 1.807) is 18.2 Å². The molecule has 0 aromatic heterocycles. The fourth-order valence-corrected chi connectivity index (χ4v) is 3.05. The Labute approximate surface area is 100 Å². The normalized spacial score (nSPS) is 21.6. The fraction of sp³-hybridized carbons (Fsp3) is 0.333. The highest BCUT2D eigenvalue weighted by Gasteiger charge is 2.37. The summed E-state index contributed by atoms with van der Waals surface area (Å²) in [5.74, 6) is -0.506. The van der Waals surface area contributed by atoms with Gasteiger partial charge >= 0.3 is 7.12 Å². The van der Waals surface area contributed by atoms with E-state index in [-0.39, 0.29) is 18.0 Å². The molecule has 0 saturated carbocycles.